The largest absolute Gasteiger partial charge is 0.411 e. The molecule has 7 heteroatoms. The van der Waals surface area contributed by atoms with Crippen molar-refractivity contribution in [1.29, 1.82) is 0 Å². The predicted molar refractivity (Wildman–Crippen MR) is 115 cm³/mol. The molecule has 0 spiro atoms. The van der Waals surface area contributed by atoms with Gasteiger partial charge in [-0.1, -0.05) is 47.6 Å². The van der Waals surface area contributed by atoms with Crippen molar-refractivity contribution < 1.29 is 9.21 Å². The third-order valence-corrected chi connectivity index (χ3v) is 6.26. The molecule has 0 atom stereocenters. The Balaban J connectivity index is 1.38. The van der Waals surface area contributed by atoms with Gasteiger partial charge < -0.3 is 4.42 Å². The summed E-state index contributed by atoms with van der Waals surface area (Å²) >= 11 is 7.29. The summed E-state index contributed by atoms with van der Waals surface area (Å²) in [6.45, 7) is 0. The van der Waals surface area contributed by atoms with E-state index in [1.165, 1.54) is 29.1 Å². The Bertz CT molecular complexity index is 1210. The van der Waals surface area contributed by atoms with Crippen molar-refractivity contribution in [2.24, 2.45) is 0 Å². The number of thioether (sulfide) groups is 1. The van der Waals surface area contributed by atoms with Crippen LogP contribution in [0.4, 0.5) is 0 Å². The number of para-hydroxylation sites is 1. The van der Waals surface area contributed by atoms with Crippen LogP contribution in [-0.4, -0.2) is 26.4 Å². The number of fused-ring (bicyclic) bond motifs is 3. The highest BCUT2D eigenvalue weighted by molar-refractivity contribution is 7.99. The van der Waals surface area contributed by atoms with Gasteiger partial charge >= 0.3 is 0 Å². The van der Waals surface area contributed by atoms with Crippen LogP contribution in [-0.2, 0) is 12.8 Å². The number of aryl methyl sites for hydroxylation is 1. The first-order valence-corrected chi connectivity index (χ1v) is 10.9. The summed E-state index contributed by atoms with van der Waals surface area (Å²) in [5.74, 6) is 0.672. The molecule has 1 aliphatic carbocycles. The third-order valence-electron chi connectivity index (χ3n) is 5.23. The Labute approximate surface area is 177 Å². The molecule has 146 valence electrons. The van der Waals surface area contributed by atoms with Gasteiger partial charge in [-0.05, 0) is 55.5 Å². The number of halogens is 1. The average Bonchev–Trinajstić information content (AvgIpc) is 3.35. The van der Waals surface area contributed by atoms with Gasteiger partial charge in [0.25, 0.3) is 5.22 Å². The summed E-state index contributed by atoms with van der Waals surface area (Å²) in [5, 5.41) is 10.3. The number of rotatable bonds is 4. The number of carbonyl (C=O) groups is 1. The Morgan fingerprint density at radius 3 is 2.86 bits per heavy atom. The fourth-order valence-corrected chi connectivity index (χ4v) is 4.78. The third kappa shape index (κ3) is 3.47. The highest BCUT2D eigenvalue weighted by Crippen LogP contribution is 2.33. The van der Waals surface area contributed by atoms with E-state index in [4.69, 9.17) is 16.0 Å². The van der Waals surface area contributed by atoms with Gasteiger partial charge in [-0.25, -0.2) is 0 Å². The zero-order chi connectivity index (χ0) is 19.8. The van der Waals surface area contributed by atoms with Crippen LogP contribution < -0.4 is 0 Å². The number of nitrogens with zero attached hydrogens (tertiary/aromatic N) is 3. The zero-order valence-corrected chi connectivity index (χ0v) is 17.2. The highest BCUT2D eigenvalue weighted by atomic mass is 35.5. The normalized spacial score (nSPS) is 13.6. The molecule has 0 N–H and O–H groups in total. The molecule has 1 aliphatic rings. The van der Waals surface area contributed by atoms with Crippen molar-refractivity contribution in [3.63, 3.8) is 0 Å². The fraction of sp³-hybridized carbons (Fsp3) is 0.227. The molecule has 0 unspecified atom stereocenters. The van der Waals surface area contributed by atoms with Crippen molar-refractivity contribution in [2.45, 2.75) is 30.9 Å². The van der Waals surface area contributed by atoms with E-state index < -0.39 is 0 Å². The Hall–Kier alpha value is -2.57. The van der Waals surface area contributed by atoms with E-state index in [0.717, 1.165) is 36.0 Å². The highest BCUT2D eigenvalue weighted by Gasteiger charge is 2.23. The van der Waals surface area contributed by atoms with Crippen LogP contribution >= 0.6 is 23.4 Å². The number of carbonyl (C=O) groups excluding carboxylic acids is 1. The maximum absolute atomic E-state index is 13.1. The molecule has 0 fully saturated rings. The molecular formula is C22H18ClN3O2S. The SMILES string of the molecule is O=C(CSc1nnc(-c2cccc(Cl)c2)o1)n1c2c(c3ccccc31)CCCC2. The Morgan fingerprint density at radius 2 is 1.97 bits per heavy atom. The minimum atomic E-state index is 0.0388. The maximum Gasteiger partial charge on any atom is 0.277 e. The van der Waals surface area contributed by atoms with Crippen LogP contribution in [0.15, 0.2) is 58.2 Å². The monoisotopic (exact) mass is 423 g/mol. The Morgan fingerprint density at radius 1 is 1.10 bits per heavy atom. The molecule has 0 amide bonds. The lowest BCUT2D eigenvalue weighted by molar-refractivity contribution is 0.0943. The van der Waals surface area contributed by atoms with Gasteiger partial charge in [0.05, 0.1) is 11.3 Å². The summed E-state index contributed by atoms with van der Waals surface area (Å²) < 4.78 is 7.61. The molecule has 5 nitrogen and oxygen atoms in total. The molecule has 2 aromatic heterocycles. The second-order valence-corrected chi connectivity index (χ2v) is 8.41. The predicted octanol–water partition coefficient (Wildman–Crippen LogP) is 5.66. The molecule has 5 rings (SSSR count). The molecule has 0 saturated heterocycles. The molecule has 4 aromatic rings. The first kappa shape index (κ1) is 18.5. The molecule has 0 saturated carbocycles. The van der Waals surface area contributed by atoms with Crippen LogP contribution in [0.3, 0.4) is 0 Å². The van der Waals surface area contributed by atoms with Crippen molar-refractivity contribution >= 4 is 40.2 Å². The van der Waals surface area contributed by atoms with E-state index in [0.29, 0.717) is 16.1 Å². The molecule has 2 aromatic carbocycles. The number of hydrogen-bond acceptors (Lipinski definition) is 5. The molecule has 2 heterocycles. The number of aromatic nitrogens is 3. The lowest BCUT2D eigenvalue weighted by atomic mass is 9.96. The quantitative estimate of drug-likeness (QED) is 0.396. The summed E-state index contributed by atoms with van der Waals surface area (Å²) in [6, 6.07) is 15.4. The average molecular weight is 424 g/mol. The van der Waals surface area contributed by atoms with Crippen molar-refractivity contribution in [3.05, 3.63) is 64.8 Å². The summed E-state index contributed by atoms with van der Waals surface area (Å²) in [4.78, 5) is 13.1. The van der Waals surface area contributed by atoms with Crippen LogP contribution in [0.25, 0.3) is 22.4 Å². The van der Waals surface area contributed by atoms with Crippen LogP contribution in [0.1, 0.15) is 28.9 Å². The van der Waals surface area contributed by atoms with Crippen molar-refractivity contribution in [3.8, 4) is 11.5 Å². The molecule has 29 heavy (non-hydrogen) atoms. The summed E-state index contributed by atoms with van der Waals surface area (Å²) in [7, 11) is 0. The van der Waals surface area contributed by atoms with Gasteiger partial charge in [-0.3, -0.25) is 9.36 Å². The first-order chi connectivity index (χ1) is 14.2. The van der Waals surface area contributed by atoms with Crippen molar-refractivity contribution in [1.82, 2.24) is 14.8 Å². The zero-order valence-electron chi connectivity index (χ0n) is 15.6. The van der Waals surface area contributed by atoms with E-state index in [1.807, 2.05) is 34.9 Å². The molecular weight excluding hydrogens is 406 g/mol. The lowest BCUT2D eigenvalue weighted by Crippen LogP contribution is -2.18. The summed E-state index contributed by atoms with van der Waals surface area (Å²) in [6.07, 6.45) is 4.28. The second kappa shape index (κ2) is 7.69. The standard InChI is InChI=1S/C22H18ClN3O2S/c23-15-7-5-6-14(12-15)21-24-25-22(28-21)29-13-20(27)26-18-10-3-1-8-16(18)17-9-2-4-11-19(17)26/h1,3,5-8,10,12H,2,4,9,11,13H2. The lowest BCUT2D eigenvalue weighted by Gasteiger charge is -2.14. The smallest absolute Gasteiger partial charge is 0.277 e. The minimum Gasteiger partial charge on any atom is -0.411 e. The molecule has 0 radical (unpaired) electrons. The maximum atomic E-state index is 13.1. The molecule has 0 bridgehead atoms. The van der Waals surface area contributed by atoms with Crippen molar-refractivity contribution in [2.75, 3.05) is 5.75 Å². The fourth-order valence-electron chi connectivity index (χ4n) is 3.97. The van der Waals surface area contributed by atoms with Gasteiger partial charge in [-0.2, -0.15) is 0 Å². The van der Waals surface area contributed by atoms with Crippen LogP contribution in [0.2, 0.25) is 5.02 Å². The van der Waals surface area contributed by atoms with E-state index in [2.05, 4.69) is 16.3 Å². The van der Waals surface area contributed by atoms with Gasteiger partial charge in [0.2, 0.25) is 11.8 Å². The minimum absolute atomic E-state index is 0.0388. The summed E-state index contributed by atoms with van der Waals surface area (Å²) in [5.41, 5.74) is 4.24. The van der Waals surface area contributed by atoms with E-state index in [9.17, 15) is 4.79 Å². The van der Waals surface area contributed by atoms with E-state index >= 15 is 0 Å². The second-order valence-electron chi connectivity index (χ2n) is 7.05. The van der Waals surface area contributed by atoms with Gasteiger partial charge in [0.15, 0.2) is 0 Å². The van der Waals surface area contributed by atoms with Crippen LogP contribution in [0.5, 0.6) is 0 Å². The Kier molecular flexibility index (Phi) is 4.89. The number of benzene rings is 2. The van der Waals surface area contributed by atoms with Gasteiger partial charge in [0, 0.05) is 21.7 Å². The number of hydrogen-bond donors (Lipinski definition) is 0. The first-order valence-electron chi connectivity index (χ1n) is 9.57. The van der Waals surface area contributed by atoms with E-state index in [1.54, 1.807) is 12.1 Å². The van der Waals surface area contributed by atoms with Crippen LogP contribution in [0, 0.1) is 0 Å². The van der Waals surface area contributed by atoms with E-state index in [-0.39, 0.29) is 11.7 Å². The van der Waals surface area contributed by atoms with Gasteiger partial charge in [-0.15, -0.1) is 10.2 Å². The molecule has 0 aliphatic heterocycles. The van der Waals surface area contributed by atoms with Gasteiger partial charge in [0.1, 0.15) is 0 Å². The topological polar surface area (TPSA) is 60.9 Å².